The van der Waals surface area contributed by atoms with Crippen LogP contribution < -0.4 is 16.0 Å². The molecule has 1 aromatic heterocycles. The summed E-state index contributed by atoms with van der Waals surface area (Å²) in [4.78, 5) is 12.9. The number of aromatic nitrogens is 1. The Labute approximate surface area is 149 Å². The maximum atomic E-state index is 12.9. The van der Waals surface area contributed by atoms with Gasteiger partial charge in [0.25, 0.3) is 5.56 Å². The van der Waals surface area contributed by atoms with Crippen molar-refractivity contribution in [3.63, 3.8) is 0 Å². The molecular formula is C20H30N2O3. The van der Waals surface area contributed by atoms with Crippen molar-refractivity contribution in [1.82, 2.24) is 4.57 Å². The fraction of sp³-hybridized carbons (Fsp3) is 0.550. The standard InChI is InChI=1S/C20H30N2O3/c1-4-5-6-7-8-9-12-22-17-13-15(21)10-11-16(17)18(23)19(20(22)24)25-14(2)3/h10-11,13-14,23H,4-9,12,21H2,1-3H3. The molecule has 0 fully saturated rings. The summed E-state index contributed by atoms with van der Waals surface area (Å²) in [5.41, 5.74) is 6.83. The zero-order chi connectivity index (χ0) is 18.4. The van der Waals surface area contributed by atoms with E-state index in [2.05, 4.69) is 6.92 Å². The molecule has 1 aromatic carbocycles. The van der Waals surface area contributed by atoms with Crippen molar-refractivity contribution in [3.8, 4) is 11.5 Å². The summed E-state index contributed by atoms with van der Waals surface area (Å²) in [5, 5.41) is 11.1. The molecule has 0 unspecified atom stereocenters. The van der Waals surface area contributed by atoms with Gasteiger partial charge in [-0.15, -0.1) is 0 Å². The lowest BCUT2D eigenvalue weighted by Gasteiger charge is -2.17. The molecule has 2 aromatic rings. The minimum Gasteiger partial charge on any atom is -0.504 e. The number of anilines is 1. The predicted octanol–water partition coefficient (Wildman–Crippen LogP) is 4.44. The van der Waals surface area contributed by atoms with Crippen molar-refractivity contribution in [2.75, 3.05) is 5.73 Å². The fourth-order valence-electron chi connectivity index (χ4n) is 3.04. The zero-order valence-corrected chi connectivity index (χ0v) is 15.5. The Balaban J connectivity index is 2.35. The molecule has 3 N–H and O–H groups in total. The Kier molecular flexibility index (Phi) is 6.73. The molecule has 0 bridgehead atoms. The van der Waals surface area contributed by atoms with Crippen LogP contribution in [-0.4, -0.2) is 15.8 Å². The summed E-state index contributed by atoms with van der Waals surface area (Å²) < 4.78 is 7.28. The molecule has 0 aliphatic heterocycles. The number of rotatable bonds is 9. The van der Waals surface area contributed by atoms with Gasteiger partial charge in [-0.2, -0.15) is 0 Å². The first-order chi connectivity index (χ1) is 12.0. The molecule has 0 spiro atoms. The van der Waals surface area contributed by atoms with Gasteiger partial charge in [-0.3, -0.25) is 4.79 Å². The highest BCUT2D eigenvalue weighted by Gasteiger charge is 2.18. The number of unbranched alkanes of at least 4 members (excludes halogenated alkanes) is 5. The van der Waals surface area contributed by atoms with Crippen LogP contribution in [0.15, 0.2) is 23.0 Å². The molecule has 0 saturated heterocycles. The van der Waals surface area contributed by atoms with Crippen molar-refractivity contribution in [2.45, 2.75) is 71.9 Å². The molecular weight excluding hydrogens is 316 g/mol. The number of nitrogens with two attached hydrogens (primary N) is 1. The van der Waals surface area contributed by atoms with Crippen LogP contribution >= 0.6 is 0 Å². The summed E-state index contributed by atoms with van der Waals surface area (Å²) in [6.45, 7) is 6.47. The third-order valence-electron chi connectivity index (χ3n) is 4.31. The van der Waals surface area contributed by atoms with E-state index in [0.29, 0.717) is 23.1 Å². The van der Waals surface area contributed by atoms with Crippen molar-refractivity contribution in [2.24, 2.45) is 0 Å². The monoisotopic (exact) mass is 346 g/mol. The summed E-state index contributed by atoms with van der Waals surface area (Å²) in [6, 6.07) is 5.21. The van der Waals surface area contributed by atoms with E-state index in [1.165, 1.54) is 25.7 Å². The molecule has 0 saturated carbocycles. The topological polar surface area (TPSA) is 77.5 Å². The first kappa shape index (κ1) is 19.2. The predicted molar refractivity (Wildman–Crippen MR) is 103 cm³/mol. The largest absolute Gasteiger partial charge is 0.504 e. The summed E-state index contributed by atoms with van der Waals surface area (Å²) >= 11 is 0. The third-order valence-corrected chi connectivity index (χ3v) is 4.31. The van der Waals surface area contributed by atoms with Gasteiger partial charge in [0.05, 0.1) is 11.6 Å². The molecule has 1 heterocycles. The van der Waals surface area contributed by atoms with Crippen LogP contribution in [0.5, 0.6) is 11.5 Å². The highest BCUT2D eigenvalue weighted by molar-refractivity contribution is 5.89. The Morgan fingerprint density at radius 2 is 1.84 bits per heavy atom. The molecule has 0 atom stereocenters. The lowest BCUT2D eigenvalue weighted by atomic mass is 10.1. The second-order valence-corrected chi connectivity index (χ2v) is 6.85. The van der Waals surface area contributed by atoms with E-state index in [9.17, 15) is 9.90 Å². The molecule has 2 rings (SSSR count). The van der Waals surface area contributed by atoms with E-state index in [4.69, 9.17) is 10.5 Å². The molecule has 0 aliphatic rings. The Hall–Kier alpha value is -2.17. The number of fused-ring (bicyclic) bond motifs is 1. The average molecular weight is 346 g/mol. The molecule has 0 amide bonds. The van der Waals surface area contributed by atoms with Crippen molar-refractivity contribution < 1.29 is 9.84 Å². The van der Waals surface area contributed by atoms with Crippen molar-refractivity contribution in [1.29, 1.82) is 0 Å². The highest BCUT2D eigenvalue weighted by atomic mass is 16.5. The summed E-state index contributed by atoms with van der Waals surface area (Å²) in [6.07, 6.45) is 6.69. The normalized spacial score (nSPS) is 11.4. The Morgan fingerprint density at radius 1 is 1.16 bits per heavy atom. The number of ether oxygens (including phenoxy) is 1. The second-order valence-electron chi connectivity index (χ2n) is 6.85. The number of aromatic hydroxyl groups is 1. The van der Waals surface area contributed by atoms with Crippen LogP contribution in [0, 0.1) is 0 Å². The van der Waals surface area contributed by atoms with Gasteiger partial charge in [0.15, 0.2) is 5.75 Å². The Morgan fingerprint density at radius 3 is 2.52 bits per heavy atom. The number of benzene rings is 1. The molecule has 138 valence electrons. The van der Waals surface area contributed by atoms with Crippen molar-refractivity contribution in [3.05, 3.63) is 28.6 Å². The van der Waals surface area contributed by atoms with Gasteiger partial charge in [0.1, 0.15) is 0 Å². The van der Waals surface area contributed by atoms with E-state index in [0.717, 1.165) is 12.8 Å². The van der Waals surface area contributed by atoms with Gasteiger partial charge in [-0.1, -0.05) is 39.0 Å². The van der Waals surface area contributed by atoms with E-state index < -0.39 is 0 Å². The lowest BCUT2D eigenvalue weighted by molar-refractivity contribution is 0.227. The maximum absolute atomic E-state index is 12.9. The maximum Gasteiger partial charge on any atom is 0.297 e. The zero-order valence-electron chi connectivity index (χ0n) is 15.5. The second kappa shape index (κ2) is 8.79. The van der Waals surface area contributed by atoms with Crippen LogP contribution in [-0.2, 0) is 6.54 Å². The van der Waals surface area contributed by atoms with Gasteiger partial charge in [-0.25, -0.2) is 0 Å². The average Bonchev–Trinajstić information content (AvgIpc) is 2.57. The Bertz CT molecular complexity index is 766. The quantitative estimate of drug-likeness (QED) is 0.520. The highest BCUT2D eigenvalue weighted by Crippen LogP contribution is 2.33. The van der Waals surface area contributed by atoms with Crippen LogP contribution in [0.2, 0.25) is 0 Å². The molecule has 25 heavy (non-hydrogen) atoms. The number of hydrogen-bond acceptors (Lipinski definition) is 4. The number of pyridine rings is 1. The fourth-order valence-corrected chi connectivity index (χ4v) is 3.04. The number of nitrogen functional groups attached to an aromatic ring is 1. The number of nitrogens with zero attached hydrogens (tertiary/aromatic N) is 1. The van der Waals surface area contributed by atoms with Gasteiger partial charge in [0, 0.05) is 17.6 Å². The number of aryl methyl sites for hydroxylation is 1. The molecule has 0 radical (unpaired) electrons. The van der Waals surface area contributed by atoms with Crippen LogP contribution in [0.3, 0.4) is 0 Å². The van der Waals surface area contributed by atoms with Gasteiger partial charge in [-0.05, 0) is 38.5 Å². The van der Waals surface area contributed by atoms with Gasteiger partial charge in [0.2, 0.25) is 5.75 Å². The summed E-state index contributed by atoms with van der Waals surface area (Å²) in [5.74, 6) is -0.0776. The van der Waals surface area contributed by atoms with Crippen molar-refractivity contribution >= 4 is 16.6 Å². The lowest BCUT2D eigenvalue weighted by Crippen LogP contribution is -2.24. The van der Waals surface area contributed by atoms with E-state index >= 15 is 0 Å². The summed E-state index contributed by atoms with van der Waals surface area (Å²) in [7, 11) is 0. The molecule has 5 heteroatoms. The van der Waals surface area contributed by atoms with E-state index in [1.807, 2.05) is 13.8 Å². The first-order valence-electron chi connectivity index (χ1n) is 9.27. The van der Waals surface area contributed by atoms with Crippen LogP contribution in [0.4, 0.5) is 5.69 Å². The smallest absolute Gasteiger partial charge is 0.297 e. The van der Waals surface area contributed by atoms with Crippen LogP contribution in [0.1, 0.15) is 59.3 Å². The third kappa shape index (κ3) is 4.68. The SMILES string of the molecule is CCCCCCCCn1c(=O)c(OC(C)C)c(O)c2ccc(N)cc21. The molecule has 5 nitrogen and oxygen atoms in total. The van der Waals surface area contributed by atoms with Gasteiger partial charge < -0.3 is 20.1 Å². The van der Waals surface area contributed by atoms with E-state index in [1.54, 1.807) is 22.8 Å². The minimum absolute atomic E-state index is 0.0262. The van der Waals surface area contributed by atoms with E-state index in [-0.39, 0.29) is 23.2 Å². The number of hydrogen-bond donors (Lipinski definition) is 2. The molecule has 0 aliphatic carbocycles. The minimum atomic E-state index is -0.294. The van der Waals surface area contributed by atoms with Crippen LogP contribution in [0.25, 0.3) is 10.9 Å². The van der Waals surface area contributed by atoms with Gasteiger partial charge >= 0.3 is 0 Å². The first-order valence-corrected chi connectivity index (χ1v) is 9.27.